The fourth-order valence-corrected chi connectivity index (χ4v) is 2.79. The van der Waals surface area contributed by atoms with Crippen molar-refractivity contribution in [2.45, 2.75) is 12.5 Å². The number of para-hydroxylation sites is 1. The SMILES string of the molecule is O=C1C[C@H](NC(=O)c2nc3ccccc3s2)CN1. The molecule has 2 heterocycles. The van der Waals surface area contributed by atoms with Crippen LogP contribution in [0.15, 0.2) is 24.3 Å². The van der Waals surface area contributed by atoms with Crippen molar-refractivity contribution in [1.29, 1.82) is 0 Å². The zero-order chi connectivity index (χ0) is 12.5. The van der Waals surface area contributed by atoms with Crippen molar-refractivity contribution in [2.75, 3.05) is 6.54 Å². The van der Waals surface area contributed by atoms with E-state index in [0.717, 1.165) is 10.2 Å². The number of fused-ring (bicyclic) bond motifs is 1. The van der Waals surface area contributed by atoms with Crippen molar-refractivity contribution in [3.05, 3.63) is 29.3 Å². The number of nitrogens with one attached hydrogen (secondary N) is 2. The molecule has 0 unspecified atom stereocenters. The van der Waals surface area contributed by atoms with Gasteiger partial charge in [0.15, 0.2) is 5.01 Å². The predicted molar refractivity (Wildman–Crippen MR) is 68.5 cm³/mol. The lowest BCUT2D eigenvalue weighted by molar-refractivity contribution is -0.119. The molecule has 0 spiro atoms. The lowest BCUT2D eigenvalue weighted by Crippen LogP contribution is -2.36. The van der Waals surface area contributed by atoms with Crippen LogP contribution < -0.4 is 10.6 Å². The Hall–Kier alpha value is -1.95. The summed E-state index contributed by atoms with van der Waals surface area (Å²) >= 11 is 1.36. The Bertz CT molecular complexity index is 590. The first-order chi connectivity index (χ1) is 8.72. The first-order valence-corrected chi connectivity index (χ1v) is 6.47. The van der Waals surface area contributed by atoms with Gasteiger partial charge >= 0.3 is 0 Å². The summed E-state index contributed by atoms with van der Waals surface area (Å²) in [6, 6.07) is 7.50. The highest BCUT2D eigenvalue weighted by molar-refractivity contribution is 7.20. The van der Waals surface area contributed by atoms with Crippen LogP contribution in [0.5, 0.6) is 0 Å². The van der Waals surface area contributed by atoms with E-state index in [1.54, 1.807) is 0 Å². The van der Waals surface area contributed by atoms with Gasteiger partial charge in [0.05, 0.1) is 16.3 Å². The Labute approximate surface area is 107 Å². The first-order valence-electron chi connectivity index (χ1n) is 5.65. The van der Waals surface area contributed by atoms with Gasteiger partial charge in [0.1, 0.15) is 0 Å². The van der Waals surface area contributed by atoms with Crippen LogP contribution in [0.4, 0.5) is 0 Å². The largest absolute Gasteiger partial charge is 0.354 e. The van der Waals surface area contributed by atoms with Crippen LogP contribution in [-0.2, 0) is 4.79 Å². The van der Waals surface area contributed by atoms with Crippen LogP contribution in [0.1, 0.15) is 16.2 Å². The molecule has 2 amide bonds. The van der Waals surface area contributed by atoms with Crippen molar-refractivity contribution in [1.82, 2.24) is 15.6 Å². The molecule has 1 aliphatic rings. The highest BCUT2D eigenvalue weighted by Crippen LogP contribution is 2.21. The molecule has 0 aliphatic carbocycles. The normalized spacial score (nSPS) is 18.9. The van der Waals surface area contributed by atoms with Gasteiger partial charge < -0.3 is 10.6 Å². The number of benzene rings is 1. The molecular formula is C12H11N3O2S. The van der Waals surface area contributed by atoms with Crippen LogP contribution in [0.2, 0.25) is 0 Å². The lowest BCUT2D eigenvalue weighted by Gasteiger charge is -2.07. The molecule has 1 aromatic heterocycles. The van der Waals surface area contributed by atoms with E-state index >= 15 is 0 Å². The Balaban J connectivity index is 1.77. The molecule has 2 N–H and O–H groups in total. The van der Waals surface area contributed by atoms with E-state index in [1.165, 1.54) is 11.3 Å². The van der Waals surface area contributed by atoms with E-state index in [2.05, 4.69) is 15.6 Å². The predicted octanol–water partition coefficient (Wildman–Crippen LogP) is 0.915. The molecule has 1 saturated heterocycles. The number of rotatable bonds is 2. The highest BCUT2D eigenvalue weighted by atomic mass is 32.1. The number of hydrogen-bond donors (Lipinski definition) is 2. The lowest BCUT2D eigenvalue weighted by atomic mass is 10.2. The molecule has 1 aromatic carbocycles. The summed E-state index contributed by atoms with van der Waals surface area (Å²) in [6.07, 6.45) is 0.344. The van der Waals surface area contributed by atoms with Gasteiger partial charge in [-0.3, -0.25) is 9.59 Å². The number of aromatic nitrogens is 1. The molecule has 1 atom stereocenters. The van der Waals surface area contributed by atoms with Crippen LogP contribution in [-0.4, -0.2) is 29.4 Å². The van der Waals surface area contributed by atoms with E-state index in [0.29, 0.717) is 18.0 Å². The fourth-order valence-electron chi connectivity index (χ4n) is 1.92. The van der Waals surface area contributed by atoms with Crippen LogP contribution in [0, 0.1) is 0 Å². The summed E-state index contributed by atoms with van der Waals surface area (Å²) in [4.78, 5) is 27.3. The topological polar surface area (TPSA) is 71.1 Å². The third-order valence-corrected chi connectivity index (χ3v) is 3.84. The van der Waals surface area contributed by atoms with Crippen molar-refractivity contribution >= 4 is 33.4 Å². The monoisotopic (exact) mass is 261 g/mol. The Morgan fingerprint density at radius 1 is 1.44 bits per heavy atom. The molecular weight excluding hydrogens is 250 g/mol. The minimum absolute atomic E-state index is 0.0235. The number of carbonyl (C=O) groups is 2. The minimum Gasteiger partial charge on any atom is -0.354 e. The summed E-state index contributed by atoms with van der Waals surface area (Å²) < 4.78 is 0.989. The second-order valence-corrected chi connectivity index (χ2v) is 5.20. The standard InChI is InChI=1S/C12H11N3O2S/c16-10-5-7(6-13-10)14-11(17)12-15-8-3-1-2-4-9(8)18-12/h1-4,7H,5-6H2,(H,13,16)(H,14,17)/t7-/m0/s1. The molecule has 0 radical (unpaired) electrons. The van der Waals surface area contributed by atoms with Gasteiger partial charge in [0.2, 0.25) is 5.91 Å². The van der Waals surface area contributed by atoms with Crippen LogP contribution in [0.3, 0.4) is 0 Å². The van der Waals surface area contributed by atoms with Crippen LogP contribution in [0.25, 0.3) is 10.2 Å². The molecule has 92 valence electrons. The number of carbonyl (C=O) groups excluding carboxylic acids is 2. The molecule has 1 fully saturated rings. The molecule has 5 nitrogen and oxygen atoms in total. The third-order valence-electron chi connectivity index (χ3n) is 2.80. The maximum absolute atomic E-state index is 12.0. The summed E-state index contributed by atoms with van der Waals surface area (Å²) in [7, 11) is 0. The summed E-state index contributed by atoms with van der Waals surface area (Å²) in [5.74, 6) is -0.234. The highest BCUT2D eigenvalue weighted by Gasteiger charge is 2.24. The van der Waals surface area contributed by atoms with Crippen molar-refractivity contribution < 1.29 is 9.59 Å². The van der Waals surface area contributed by atoms with Crippen molar-refractivity contribution in [3.8, 4) is 0 Å². The molecule has 1 aliphatic heterocycles. The average molecular weight is 261 g/mol. The van der Waals surface area contributed by atoms with E-state index in [9.17, 15) is 9.59 Å². The Morgan fingerprint density at radius 3 is 3.00 bits per heavy atom. The van der Waals surface area contributed by atoms with E-state index < -0.39 is 0 Å². The van der Waals surface area contributed by atoms with Gasteiger partial charge in [-0.25, -0.2) is 4.98 Å². The van der Waals surface area contributed by atoms with Gasteiger partial charge in [0.25, 0.3) is 5.91 Å². The maximum Gasteiger partial charge on any atom is 0.280 e. The van der Waals surface area contributed by atoms with Gasteiger partial charge in [-0.1, -0.05) is 12.1 Å². The number of nitrogens with zero attached hydrogens (tertiary/aromatic N) is 1. The van der Waals surface area contributed by atoms with Gasteiger partial charge in [-0.15, -0.1) is 11.3 Å². The number of hydrogen-bond acceptors (Lipinski definition) is 4. The second-order valence-electron chi connectivity index (χ2n) is 4.17. The molecule has 0 saturated carbocycles. The summed E-state index contributed by atoms with van der Waals surface area (Å²) in [5.41, 5.74) is 0.827. The Morgan fingerprint density at radius 2 is 2.28 bits per heavy atom. The van der Waals surface area contributed by atoms with E-state index in [1.807, 2.05) is 24.3 Å². The summed E-state index contributed by atoms with van der Waals surface area (Å²) in [6.45, 7) is 0.496. The molecule has 18 heavy (non-hydrogen) atoms. The Kier molecular flexibility index (Phi) is 2.71. The molecule has 2 aromatic rings. The molecule has 6 heteroatoms. The van der Waals surface area contributed by atoms with Crippen molar-refractivity contribution in [2.24, 2.45) is 0 Å². The van der Waals surface area contributed by atoms with E-state index in [-0.39, 0.29) is 17.9 Å². The number of thiazole rings is 1. The third kappa shape index (κ3) is 2.06. The zero-order valence-corrected chi connectivity index (χ0v) is 10.3. The van der Waals surface area contributed by atoms with Crippen LogP contribution >= 0.6 is 11.3 Å². The number of amides is 2. The minimum atomic E-state index is -0.210. The molecule has 0 bridgehead atoms. The first kappa shape index (κ1) is 11.2. The smallest absolute Gasteiger partial charge is 0.280 e. The van der Waals surface area contributed by atoms with Gasteiger partial charge in [0, 0.05) is 13.0 Å². The second kappa shape index (κ2) is 4.38. The van der Waals surface area contributed by atoms with Gasteiger partial charge in [-0.05, 0) is 12.1 Å². The maximum atomic E-state index is 12.0. The fraction of sp³-hybridized carbons (Fsp3) is 0.250. The summed E-state index contributed by atoms with van der Waals surface area (Å²) in [5, 5.41) is 5.93. The average Bonchev–Trinajstić information content (AvgIpc) is 2.95. The zero-order valence-electron chi connectivity index (χ0n) is 9.47. The molecule has 3 rings (SSSR count). The van der Waals surface area contributed by atoms with Gasteiger partial charge in [-0.2, -0.15) is 0 Å². The quantitative estimate of drug-likeness (QED) is 0.844. The van der Waals surface area contributed by atoms with Crippen molar-refractivity contribution in [3.63, 3.8) is 0 Å². The van der Waals surface area contributed by atoms with E-state index in [4.69, 9.17) is 0 Å².